The second-order valence-electron chi connectivity index (χ2n) is 7.91. The molecule has 4 aromatic rings. The van der Waals surface area contributed by atoms with Crippen LogP contribution in [0.4, 0.5) is 0 Å². The quantitative estimate of drug-likeness (QED) is 0.441. The number of aromatic nitrogens is 4. The number of halogens is 1. The van der Waals surface area contributed by atoms with Crippen LogP contribution in [0.15, 0.2) is 34.9 Å². The van der Waals surface area contributed by atoms with Crippen molar-refractivity contribution in [3.8, 4) is 0 Å². The predicted molar refractivity (Wildman–Crippen MR) is 120 cm³/mol. The smallest absolute Gasteiger partial charge is 0.264 e. The van der Waals surface area contributed by atoms with Gasteiger partial charge >= 0.3 is 0 Å². The maximum absolute atomic E-state index is 13.2. The molecule has 31 heavy (non-hydrogen) atoms. The van der Waals surface area contributed by atoms with Gasteiger partial charge in [-0.25, -0.2) is 0 Å². The summed E-state index contributed by atoms with van der Waals surface area (Å²) in [7, 11) is 0. The van der Waals surface area contributed by atoms with Gasteiger partial charge in [-0.3, -0.25) is 9.48 Å². The van der Waals surface area contributed by atoms with Gasteiger partial charge in [-0.1, -0.05) is 35.0 Å². The SMILES string of the molecule is Cc1noc(C2CCN(C(=O)c3cc4c(C)nn(Cc5ccccc5Cl)c4s3)CC2)n1. The van der Waals surface area contributed by atoms with Crippen LogP contribution in [0.25, 0.3) is 10.2 Å². The maximum Gasteiger partial charge on any atom is 0.264 e. The Morgan fingerprint density at radius 3 is 2.74 bits per heavy atom. The van der Waals surface area contributed by atoms with E-state index in [1.54, 1.807) is 0 Å². The average molecular weight is 456 g/mol. The lowest BCUT2D eigenvalue weighted by atomic mass is 9.96. The third kappa shape index (κ3) is 3.85. The monoisotopic (exact) mass is 455 g/mol. The van der Waals surface area contributed by atoms with Crippen LogP contribution >= 0.6 is 22.9 Å². The van der Waals surface area contributed by atoms with Crippen LogP contribution in [0.1, 0.15) is 51.4 Å². The molecule has 0 saturated carbocycles. The third-order valence-corrected chi connectivity index (χ3v) is 7.28. The number of nitrogens with zero attached hydrogens (tertiary/aromatic N) is 5. The predicted octanol–water partition coefficient (Wildman–Crippen LogP) is 4.82. The van der Waals surface area contributed by atoms with Gasteiger partial charge < -0.3 is 9.42 Å². The van der Waals surface area contributed by atoms with Crippen molar-refractivity contribution in [2.45, 2.75) is 39.2 Å². The first-order valence-electron chi connectivity index (χ1n) is 10.3. The van der Waals surface area contributed by atoms with E-state index in [0.29, 0.717) is 31.3 Å². The average Bonchev–Trinajstić information content (AvgIpc) is 3.47. The summed E-state index contributed by atoms with van der Waals surface area (Å²) in [5.74, 6) is 1.63. The fourth-order valence-electron chi connectivity index (χ4n) is 4.08. The maximum atomic E-state index is 13.2. The molecule has 0 radical (unpaired) electrons. The van der Waals surface area contributed by atoms with Gasteiger partial charge in [-0.15, -0.1) is 11.3 Å². The topological polar surface area (TPSA) is 77.0 Å². The summed E-state index contributed by atoms with van der Waals surface area (Å²) in [5, 5.41) is 10.3. The molecule has 0 aliphatic carbocycles. The van der Waals surface area contributed by atoms with Gasteiger partial charge in [0.2, 0.25) is 5.89 Å². The van der Waals surface area contributed by atoms with Gasteiger partial charge in [0.25, 0.3) is 5.91 Å². The molecule has 1 aliphatic heterocycles. The number of carbonyl (C=O) groups is 1. The molecular weight excluding hydrogens is 434 g/mol. The molecule has 5 rings (SSSR count). The van der Waals surface area contributed by atoms with Crippen molar-refractivity contribution >= 4 is 39.1 Å². The summed E-state index contributed by atoms with van der Waals surface area (Å²) in [6, 6.07) is 9.74. The Balaban J connectivity index is 1.33. The zero-order chi connectivity index (χ0) is 21.5. The summed E-state index contributed by atoms with van der Waals surface area (Å²) >= 11 is 7.83. The Morgan fingerprint density at radius 2 is 2.03 bits per heavy atom. The standard InChI is InChI=1S/C22H22ClN5O2S/c1-13-17-11-19(31-22(17)28(25-13)12-16-5-3-4-6-18(16)23)21(29)27-9-7-15(8-10-27)20-24-14(2)26-30-20/h3-6,11,15H,7-10,12H2,1-2H3. The highest BCUT2D eigenvalue weighted by Crippen LogP contribution is 2.32. The van der Waals surface area contributed by atoms with Crippen LogP contribution in [0.3, 0.4) is 0 Å². The van der Waals surface area contributed by atoms with Gasteiger partial charge in [-0.2, -0.15) is 10.1 Å². The van der Waals surface area contributed by atoms with Gasteiger partial charge in [0.15, 0.2) is 5.82 Å². The molecule has 3 aromatic heterocycles. The molecule has 1 saturated heterocycles. The van der Waals surface area contributed by atoms with Crippen molar-refractivity contribution in [2.24, 2.45) is 0 Å². The molecule has 9 heteroatoms. The molecule has 7 nitrogen and oxygen atoms in total. The first-order chi connectivity index (χ1) is 15.0. The van der Waals surface area contributed by atoms with E-state index in [-0.39, 0.29) is 11.8 Å². The van der Waals surface area contributed by atoms with E-state index >= 15 is 0 Å². The molecule has 1 fully saturated rings. The molecule has 0 atom stereocenters. The van der Waals surface area contributed by atoms with Gasteiger partial charge in [-0.05, 0) is 44.4 Å². The molecule has 0 N–H and O–H groups in total. The molecular formula is C22H22ClN5O2S. The second kappa shape index (κ2) is 8.09. The summed E-state index contributed by atoms with van der Waals surface area (Å²) in [4.78, 5) is 21.2. The van der Waals surface area contributed by atoms with E-state index in [2.05, 4.69) is 15.2 Å². The molecule has 1 amide bonds. The highest BCUT2D eigenvalue weighted by molar-refractivity contribution is 7.20. The lowest BCUT2D eigenvalue weighted by molar-refractivity contribution is 0.0709. The minimum atomic E-state index is 0.0741. The number of piperidine rings is 1. The van der Waals surface area contributed by atoms with Crippen LogP contribution < -0.4 is 0 Å². The van der Waals surface area contributed by atoms with Crippen LogP contribution in [-0.2, 0) is 6.54 Å². The lowest BCUT2D eigenvalue weighted by Gasteiger charge is -2.30. The molecule has 0 unspecified atom stereocenters. The summed E-state index contributed by atoms with van der Waals surface area (Å²) in [5.41, 5.74) is 1.93. The Kier molecular flexibility index (Phi) is 5.27. The van der Waals surface area contributed by atoms with Crippen molar-refractivity contribution in [2.75, 3.05) is 13.1 Å². The van der Waals surface area contributed by atoms with Crippen LogP contribution in [0.2, 0.25) is 5.02 Å². The van der Waals surface area contributed by atoms with E-state index < -0.39 is 0 Å². The Labute approximate surface area is 188 Å². The molecule has 160 valence electrons. The number of benzene rings is 1. The minimum Gasteiger partial charge on any atom is -0.339 e. The number of aryl methyl sites for hydroxylation is 2. The van der Waals surface area contributed by atoms with Crippen molar-refractivity contribution in [3.63, 3.8) is 0 Å². The lowest BCUT2D eigenvalue weighted by Crippen LogP contribution is -2.37. The normalized spacial score (nSPS) is 15.1. The van der Waals surface area contributed by atoms with E-state index in [1.165, 1.54) is 11.3 Å². The summed E-state index contributed by atoms with van der Waals surface area (Å²) in [6.45, 7) is 5.74. The zero-order valence-corrected chi connectivity index (χ0v) is 18.9. The highest BCUT2D eigenvalue weighted by atomic mass is 35.5. The van der Waals surface area contributed by atoms with Gasteiger partial charge in [0.1, 0.15) is 4.83 Å². The molecule has 1 aromatic carbocycles. The number of rotatable bonds is 4. The third-order valence-electron chi connectivity index (χ3n) is 5.77. The van der Waals surface area contributed by atoms with Gasteiger partial charge in [0, 0.05) is 29.4 Å². The van der Waals surface area contributed by atoms with Crippen molar-refractivity contribution < 1.29 is 9.32 Å². The zero-order valence-electron chi connectivity index (χ0n) is 17.3. The first kappa shape index (κ1) is 20.2. The van der Waals surface area contributed by atoms with E-state index in [0.717, 1.165) is 44.2 Å². The number of fused-ring (bicyclic) bond motifs is 1. The number of hydrogen-bond donors (Lipinski definition) is 0. The number of likely N-dealkylation sites (tertiary alicyclic amines) is 1. The van der Waals surface area contributed by atoms with Crippen molar-refractivity contribution in [1.29, 1.82) is 0 Å². The van der Waals surface area contributed by atoms with E-state index in [4.69, 9.17) is 16.1 Å². The van der Waals surface area contributed by atoms with E-state index in [9.17, 15) is 4.79 Å². The largest absolute Gasteiger partial charge is 0.339 e. The molecule has 4 heterocycles. The fraction of sp³-hybridized carbons (Fsp3) is 0.364. The Bertz CT molecular complexity index is 1250. The van der Waals surface area contributed by atoms with Gasteiger partial charge in [0.05, 0.1) is 17.1 Å². The molecule has 0 bridgehead atoms. The Morgan fingerprint density at radius 1 is 1.26 bits per heavy atom. The van der Waals surface area contributed by atoms with Crippen LogP contribution in [0.5, 0.6) is 0 Å². The van der Waals surface area contributed by atoms with Crippen LogP contribution in [-0.4, -0.2) is 43.8 Å². The summed E-state index contributed by atoms with van der Waals surface area (Å²) in [6.07, 6.45) is 1.66. The van der Waals surface area contributed by atoms with E-state index in [1.807, 2.05) is 53.8 Å². The molecule has 1 aliphatic rings. The summed E-state index contributed by atoms with van der Waals surface area (Å²) < 4.78 is 7.26. The minimum absolute atomic E-state index is 0.0741. The number of carbonyl (C=O) groups excluding carboxylic acids is 1. The van der Waals surface area contributed by atoms with Crippen LogP contribution in [0, 0.1) is 13.8 Å². The number of hydrogen-bond acceptors (Lipinski definition) is 6. The second-order valence-corrected chi connectivity index (χ2v) is 9.35. The molecule has 0 spiro atoms. The fourth-order valence-corrected chi connectivity index (χ4v) is 5.40. The van der Waals surface area contributed by atoms with Crippen molar-refractivity contribution in [1.82, 2.24) is 24.8 Å². The highest BCUT2D eigenvalue weighted by Gasteiger charge is 2.29. The number of amides is 1. The number of thiophene rings is 1. The Hall–Kier alpha value is -2.71. The first-order valence-corrected chi connectivity index (χ1v) is 11.5. The van der Waals surface area contributed by atoms with Crippen molar-refractivity contribution in [3.05, 3.63) is 63.2 Å².